The summed E-state index contributed by atoms with van der Waals surface area (Å²) in [5, 5.41) is 8.60. The van der Waals surface area contributed by atoms with E-state index in [0.29, 0.717) is 18.7 Å². The minimum Gasteiger partial charge on any atom is -0.198 e. The molecular formula is C12H10ClN. The van der Waals surface area contributed by atoms with Gasteiger partial charge in [0.25, 0.3) is 0 Å². The van der Waals surface area contributed by atoms with E-state index in [-0.39, 0.29) is 0 Å². The quantitative estimate of drug-likeness (QED) is 0.536. The molecule has 70 valence electrons. The molecule has 0 amide bonds. The molecule has 0 aliphatic rings. The highest BCUT2D eigenvalue weighted by Crippen LogP contribution is 2.07. The summed E-state index contributed by atoms with van der Waals surface area (Å²) in [6.45, 7) is 0. The number of alkyl halides is 1. The average molecular weight is 204 g/mol. The van der Waals surface area contributed by atoms with Gasteiger partial charge in [0, 0.05) is 17.9 Å². The highest BCUT2D eigenvalue weighted by atomic mass is 35.5. The molecule has 0 fully saturated rings. The molecule has 1 aromatic rings. The van der Waals surface area contributed by atoms with E-state index in [1.165, 1.54) is 0 Å². The maximum Gasteiger partial charge on any atom is 0.0670 e. The first-order valence-corrected chi connectivity index (χ1v) is 4.91. The Hall–Kier alpha value is -1.44. The van der Waals surface area contributed by atoms with Crippen LogP contribution < -0.4 is 0 Å². The van der Waals surface area contributed by atoms with Crippen LogP contribution in [0.4, 0.5) is 0 Å². The lowest BCUT2D eigenvalue weighted by Crippen LogP contribution is -1.87. The lowest BCUT2D eigenvalue weighted by molar-refractivity contribution is 1.24. The van der Waals surface area contributed by atoms with Crippen LogP contribution in [0, 0.1) is 23.2 Å². The second-order valence-electron chi connectivity index (χ2n) is 2.73. The first-order valence-electron chi connectivity index (χ1n) is 4.38. The SMILES string of the molecule is N#CCc1ccccc1C#CCCCl. The Balaban J connectivity index is 2.87. The topological polar surface area (TPSA) is 23.8 Å². The molecule has 1 aromatic carbocycles. The number of halogens is 1. The van der Waals surface area contributed by atoms with Crippen LogP contribution in [-0.4, -0.2) is 5.88 Å². The molecule has 0 aliphatic carbocycles. The molecule has 1 nitrogen and oxygen atoms in total. The van der Waals surface area contributed by atoms with Crippen LogP contribution in [0.25, 0.3) is 0 Å². The van der Waals surface area contributed by atoms with Crippen LogP contribution in [-0.2, 0) is 6.42 Å². The molecule has 1 rings (SSSR count). The molecule has 14 heavy (non-hydrogen) atoms. The number of benzene rings is 1. The molecule has 0 aliphatic heterocycles. The van der Waals surface area contributed by atoms with E-state index in [0.717, 1.165) is 11.1 Å². The second kappa shape index (κ2) is 6.08. The zero-order chi connectivity index (χ0) is 10.2. The maximum absolute atomic E-state index is 8.60. The zero-order valence-corrected chi connectivity index (χ0v) is 8.51. The summed E-state index contributed by atoms with van der Waals surface area (Å²) in [6.07, 6.45) is 1.09. The summed E-state index contributed by atoms with van der Waals surface area (Å²) in [4.78, 5) is 0. The van der Waals surface area contributed by atoms with E-state index in [1.807, 2.05) is 24.3 Å². The molecule has 0 aromatic heterocycles. The largest absolute Gasteiger partial charge is 0.198 e. The van der Waals surface area contributed by atoms with Gasteiger partial charge in [0.15, 0.2) is 0 Å². The van der Waals surface area contributed by atoms with Crippen molar-refractivity contribution in [2.75, 3.05) is 5.88 Å². The first kappa shape index (κ1) is 10.6. The van der Waals surface area contributed by atoms with Gasteiger partial charge in [0.1, 0.15) is 0 Å². The van der Waals surface area contributed by atoms with Crippen LogP contribution >= 0.6 is 11.6 Å². The highest BCUT2D eigenvalue weighted by molar-refractivity contribution is 6.18. The fourth-order valence-corrected chi connectivity index (χ4v) is 1.18. The third-order valence-electron chi connectivity index (χ3n) is 1.73. The van der Waals surface area contributed by atoms with Crippen molar-refractivity contribution in [2.45, 2.75) is 12.8 Å². The Morgan fingerprint density at radius 1 is 1.29 bits per heavy atom. The summed E-state index contributed by atoms with van der Waals surface area (Å²) in [7, 11) is 0. The zero-order valence-electron chi connectivity index (χ0n) is 7.76. The summed E-state index contributed by atoms with van der Waals surface area (Å²) in [5.41, 5.74) is 1.91. The van der Waals surface area contributed by atoms with Crippen molar-refractivity contribution >= 4 is 11.6 Å². The fraction of sp³-hybridized carbons (Fsp3) is 0.250. The summed E-state index contributed by atoms with van der Waals surface area (Å²) in [5.74, 6) is 6.52. The lowest BCUT2D eigenvalue weighted by atomic mass is 10.1. The van der Waals surface area contributed by atoms with Crippen molar-refractivity contribution in [1.29, 1.82) is 5.26 Å². The van der Waals surface area contributed by atoms with Gasteiger partial charge in [-0.15, -0.1) is 11.6 Å². The molecule has 0 radical (unpaired) electrons. The van der Waals surface area contributed by atoms with Gasteiger partial charge < -0.3 is 0 Å². The molecule has 0 heterocycles. The van der Waals surface area contributed by atoms with Crippen LogP contribution in [0.1, 0.15) is 17.5 Å². The molecule has 0 saturated heterocycles. The van der Waals surface area contributed by atoms with Crippen molar-refractivity contribution in [3.05, 3.63) is 35.4 Å². The van der Waals surface area contributed by atoms with E-state index in [9.17, 15) is 0 Å². The number of rotatable bonds is 2. The summed E-state index contributed by atoms with van der Waals surface area (Å²) < 4.78 is 0. The second-order valence-corrected chi connectivity index (χ2v) is 3.11. The first-order chi connectivity index (χ1) is 6.88. The van der Waals surface area contributed by atoms with Crippen molar-refractivity contribution in [3.8, 4) is 17.9 Å². The molecular weight excluding hydrogens is 194 g/mol. The van der Waals surface area contributed by atoms with Gasteiger partial charge in [-0.2, -0.15) is 5.26 Å². The Labute approximate surface area is 89.3 Å². The predicted molar refractivity (Wildman–Crippen MR) is 58.0 cm³/mol. The smallest absolute Gasteiger partial charge is 0.0670 e. The molecule has 0 N–H and O–H groups in total. The fourth-order valence-electron chi connectivity index (χ4n) is 1.09. The van der Waals surface area contributed by atoms with E-state index < -0.39 is 0 Å². The van der Waals surface area contributed by atoms with Crippen molar-refractivity contribution in [1.82, 2.24) is 0 Å². The van der Waals surface area contributed by atoms with Crippen LogP contribution in [0.3, 0.4) is 0 Å². The minimum atomic E-state index is 0.408. The molecule has 0 bridgehead atoms. The van der Waals surface area contributed by atoms with Gasteiger partial charge >= 0.3 is 0 Å². The van der Waals surface area contributed by atoms with Gasteiger partial charge in [0.2, 0.25) is 0 Å². The number of nitriles is 1. The number of nitrogens with zero attached hydrogens (tertiary/aromatic N) is 1. The summed E-state index contributed by atoms with van der Waals surface area (Å²) in [6, 6.07) is 9.81. The minimum absolute atomic E-state index is 0.408. The van der Waals surface area contributed by atoms with Crippen molar-refractivity contribution in [2.24, 2.45) is 0 Å². The van der Waals surface area contributed by atoms with Gasteiger partial charge in [-0.3, -0.25) is 0 Å². The maximum atomic E-state index is 8.60. The predicted octanol–water partition coefficient (Wildman–Crippen LogP) is 2.73. The van der Waals surface area contributed by atoms with E-state index in [4.69, 9.17) is 16.9 Å². The van der Waals surface area contributed by atoms with E-state index in [2.05, 4.69) is 17.9 Å². The molecule has 0 saturated carbocycles. The van der Waals surface area contributed by atoms with Crippen molar-refractivity contribution in [3.63, 3.8) is 0 Å². The molecule has 2 heteroatoms. The normalized spacial score (nSPS) is 8.57. The van der Waals surface area contributed by atoms with Crippen LogP contribution in [0.15, 0.2) is 24.3 Å². The summed E-state index contributed by atoms with van der Waals surface area (Å²) >= 11 is 5.51. The van der Waals surface area contributed by atoms with Crippen LogP contribution in [0.5, 0.6) is 0 Å². The Bertz CT molecular complexity index is 393. The van der Waals surface area contributed by atoms with Gasteiger partial charge in [0.05, 0.1) is 12.5 Å². The average Bonchev–Trinajstić information content (AvgIpc) is 2.21. The molecule has 0 spiro atoms. The number of hydrogen-bond donors (Lipinski definition) is 0. The van der Waals surface area contributed by atoms with Gasteiger partial charge in [-0.05, 0) is 11.6 Å². The van der Waals surface area contributed by atoms with Gasteiger partial charge in [-0.1, -0.05) is 30.0 Å². The van der Waals surface area contributed by atoms with E-state index in [1.54, 1.807) is 0 Å². The standard InChI is InChI=1S/C12H10ClN/c13-9-4-3-7-11-5-1-2-6-12(11)8-10-14/h1-2,5-6H,4,8-9H2. The molecule has 0 atom stereocenters. The lowest BCUT2D eigenvalue weighted by Gasteiger charge is -1.97. The van der Waals surface area contributed by atoms with E-state index >= 15 is 0 Å². The third kappa shape index (κ3) is 3.13. The number of hydrogen-bond acceptors (Lipinski definition) is 1. The Morgan fingerprint density at radius 3 is 2.79 bits per heavy atom. The highest BCUT2D eigenvalue weighted by Gasteiger charge is 1.96. The molecule has 0 unspecified atom stereocenters. The van der Waals surface area contributed by atoms with Crippen LogP contribution in [0.2, 0.25) is 0 Å². The Morgan fingerprint density at radius 2 is 2.07 bits per heavy atom. The monoisotopic (exact) mass is 203 g/mol. The Kier molecular flexibility index (Phi) is 4.62. The third-order valence-corrected chi connectivity index (χ3v) is 1.92. The van der Waals surface area contributed by atoms with Crippen molar-refractivity contribution < 1.29 is 0 Å². The van der Waals surface area contributed by atoms with Gasteiger partial charge in [-0.25, -0.2) is 0 Å².